The summed E-state index contributed by atoms with van der Waals surface area (Å²) in [6, 6.07) is 1.47. The first kappa shape index (κ1) is 17.7. The highest BCUT2D eigenvalue weighted by molar-refractivity contribution is 5.72. The van der Waals surface area contributed by atoms with Crippen LogP contribution in [0.2, 0.25) is 0 Å². The van der Waals surface area contributed by atoms with Crippen molar-refractivity contribution < 1.29 is 14.3 Å². The zero-order valence-corrected chi connectivity index (χ0v) is 14.8. The van der Waals surface area contributed by atoms with Gasteiger partial charge in [0.05, 0.1) is 25.9 Å². The van der Waals surface area contributed by atoms with Crippen molar-refractivity contribution in [3.05, 3.63) is 12.4 Å². The van der Waals surface area contributed by atoms with Gasteiger partial charge in [-0.1, -0.05) is 0 Å². The average Bonchev–Trinajstić information content (AvgIpc) is 2.86. The Bertz CT molecular complexity index is 613. The lowest BCUT2D eigenvalue weighted by Gasteiger charge is -2.31. The summed E-state index contributed by atoms with van der Waals surface area (Å²) in [5, 5.41) is 3.30. The van der Waals surface area contributed by atoms with Crippen LogP contribution in [0.4, 0.5) is 16.4 Å². The fraction of sp³-hybridized carbons (Fsp3) is 0.688. The summed E-state index contributed by atoms with van der Waals surface area (Å²) < 4.78 is 11.9. The number of hydrogen-bond acceptors (Lipinski definition) is 7. The molecular formula is C16H26N6O3. The summed E-state index contributed by atoms with van der Waals surface area (Å²) >= 11 is 0. The van der Waals surface area contributed by atoms with Crippen molar-refractivity contribution in [2.75, 3.05) is 57.2 Å². The van der Waals surface area contributed by atoms with Crippen LogP contribution in [0.5, 0.6) is 0 Å². The van der Waals surface area contributed by atoms with E-state index >= 15 is 0 Å². The summed E-state index contributed by atoms with van der Waals surface area (Å²) in [5.41, 5.74) is 4.98. The third kappa shape index (κ3) is 4.29. The zero-order valence-electron chi connectivity index (χ0n) is 14.8. The molecule has 2 saturated heterocycles. The minimum absolute atomic E-state index is 0.0363. The topological polar surface area (TPSA) is 106 Å². The molecule has 25 heavy (non-hydrogen) atoms. The van der Waals surface area contributed by atoms with Crippen LogP contribution in [0, 0.1) is 0 Å². The molecule has 1 aromatic heterocycles. The Morgan fingerprint density at radius 2 is 2.36 bits per heavy atom. The Morgan fingerprint density at radius 1 is 1.52 bits per heavy atom. The highest BCUT2D eigenvalue weighted by Gasteiger charge is 2.43. The molecule has 2 amide bonds. The van der Waals surface area contributed by atoms with Gasteiger partial charge < -0.3 is 30.3 Å². The number of anilines is 2. The number of carbonyl (C=O) groups excluding carboxylic acids is 1. The van der Waals surface area contributed by atoms with E-state index in [9.17, 15) is 4.79 Å². The third-order valence-corrected chi connectivity index (χ3v) is 4.62. The van der Waals surface area contributed by atoms with Gasteiger partial charge in [-0.25, -0.2) is 14.8 Å². The van der Waals surface area contributed by atoms with Gasteiger partial charge in [0.15, 0.2) is 0 Å². The molecule has 0 bridgehead atoms. The van der Waals surface area contributed by atoms with Gasteiger partial charge in [0, 0.05) is 33.3 Å². The highest BCUT2D eigenvalue weighted by Crippen LogP contribution is 2.33. The molecule has 1 aromatic rings. The van der Waals surface area contributed by atoms with Crippen molar-refractivity contribution in [2.45, 2.75) is 24.5 Å². The van der Waals surface area contributed by atoms with E-state index in [-0.39, 0.29) is 6.10 Å². The Balaban J connectivity index is 1.57. The highest BCUT2D eigenvalue weighted by atomic mass is 16.6. The summed E-state index contributed by atoms with van der Waals surface area (Å²) in [7, 11) is 3.87. The van der Waals surface area contributed by atoms with E-state index in [1.165, 1.54) is 0 Å². The minimum atomic E-state index is -0.460. The first-order valence-corrected chi connectivity index (χ1v) is 8.51. The fourth-order valence-electron chi connectivity index (χ4n) is 3.26. The Labute approximate surface area is 147 Å². The lowest BCUT2D eigenvalue weighted by atomic mass is 10.0. The van der Waals surface area contributed by atoms with E-state index in [4.69, 9.17) is 15.2 Å². The molecule has 9 nitrogen and oxygen atoms in total. The van der Waals surface area contributed by atoms with Crippen molar-refractivity contribution >= 4 is 17.7 Å². The second kappa shape index (κ2) is 7.40. The number of nitrogens with one attached hydrogen (secondary N) is 1. The predicted octanol–water partition coefficient (Wildman–Crippen LogP) is 0.283. The molecule has 0 aromatic carbocycles. The van der Waals surface area contributed by atoms with E-state index < -0.39 is 11.6 Å². The maximum absolute atomic E-state index is 11.5. The van der Waals surface area contributed by atoms with Gasteiger partial charge >= 0.3 is 6.03 Å². The summed E-state index contributed by atoms with van der Waals surface area (Å²) in [6.07, 6.45) is 3.32. The number of aromatic nitrogens is 2. The van der Waals surface area contributed by atoms with E-state index in [1.807, 2.05) is 25.1 Å². The lowest BCUT2D eigenvalue weighted by molar-refractivity contribution is -0.0795. The zero-order chi connectivity index (χ0) is 17.9. The van der Waals surface area contributed by atoms with E-state index in [1.54, 1.807) is 11.2 Å². The monoisotopic (exact) mass is 350 g/mol. The standard InChI is InChI=1S/C16H26N6O3/c1-21(2)14-7-13(19-11-20-14)18-8-12-3-4-16(25-12)9-22(15(17)23)5-6-24-10-16/h7,11-12H,3-6,8-10H2,1-2H3,(H2,17,23)(H,18,19,20)/t12-,16+/m1/s1. The van der Waals surface area contributed by atoms with Crippen LogP contribution in [0.25, 0.3) is 0 Å². The van der Waals surface area contributed by atoms with Gasteiger partial charge in [-0.2, -0.15) is 0 Å². The molecule has 138 valence electrons. The lowest BCUT2D eigenvalue weighted by Crippen LogP contribution is -2.48. The van der Waals surface area contributed by atoms with Gasteiger partial charge in [0.25, 0.3) is 0 Å². The molecule has 3 rings (SSSR count). The van der Waals surface area contributed by atoms with Crippen LogP contribution in [-0.2, 0) is 9.47 Å². The van der Waals surface area contributed by atoms with Gasteiger partial charge in [0.1, 0.15) is 23.6 Å². The normalized spacial score (nSPS) is 26.5. The molecule has 3 N–H and O–H groups in total. The molecule has 1 spiro atoms. The van der Waals surface area contributed by atoms with Crippen molar-refractivity contribution in [2.24, 2.45) is 5.73 Å². The number of primary amides is 1. The van der Waals surface area contributed by atoms with Crippen LogP contribution in [0.3, 0.4) is 0 Å². The number of nitrogens with two attached hydrogens (primary N) is 1. The maximum Gasteiger partial charge on any atom is 0.314 e. The second-order valence-corrected chi connectivity index (χ2v) is 6.81. The average molecular weight is 350 g/mol. The molecule has 0 radical (unpaired) electrons. The van der Waals surface area contributed by atoms with Gasteiger partial charge in [-0.05, 0) is 12.8 Å². The maximum atomic E-state index is 11.5. The molecule has 0 unspecified atom stereocenters. The van der Waals surface area contributed by atoms with Crippen molar-refractivity contribution in [1.82, 2.24) is 14.9 Å². The smallest absolute Gasteiger partial charge is 0.314 e. The molecule has 9 heteroatoms. The molecule has 2 aliphatic rings. The number of amides is 2. The van der Waals surface area contributed by atoms with Crippen molar-refractivity contribution in [1.29, 1.82) is 0 Å². The number of ether oxygens (including phenoxy) is 2. The molecular weight excluding hydrogens is 324 g/mol. The number of carbonyl (C=O) groups is 1. The summed E-state index contributed by atoms with van der Waals surface area (Å²) in [4.78, 5) is 23.5. The van der Waals surface area contributed by atoms with Crippen LogP contribution >= 0.6 is 0 Å². The van der Waals surface area contributed by atoms with Crippen molar-refractivity contribution in [3.63, 3.8) is 0 Å². The Kier molecular flexibility index (Phi) is 5.24. The van der Waals surface area contributed by atoms with Gasteiger partial charge in [-0.3, -0.25) is 0 Å². The number of urea groups is 1. The summed E-state index contributed by atoms with van der Waals surface area (Å²) in [5.74, 6) is 1.61. The predicted molar refractivity (Wildman–Crippen MR) is 93.7 cm³/mol. The van der Waals surface area contributed by atoms with Gasteiger partial charge in [0.2, 0.25) is 0 Å². The van der Waals surface area contributed by atoms with E-state index in [2.05, 4.69) is 15.3 Å². The third-order valence-electron chi connectivity index (χ3n) is 4.62. The minimum Gasteiger partial charge on any atom is -0.377 e. The van der Waals surface area contributed by atoms with Gasteiger partial charge in [-0.15, -0.1) is 0 Å². The molecule has 2 aliphatic heterocycles. The fourth-order valence-corrected chi connectivity index (χ4v) is 3.26. The van der Waals surface area contributed by atoms with E-state index in [0.717, 1.165) is 24.5 Å². The van der Waals surface area contributed by atoms with Crippen molar-refractivity contribution in [3.8, 4) is 0 Å². The largest absolute Gasteiger partial charge is 0.377 e. The van der Waals surface area contributed by atoms with Crippen LogP contribution in [-0.4, -0.2) is 79.5 Å². The number of hydrogen-bond donors (Lipinski definition) is 2. The number of rotatable bonds is 4. The van der Waals surface area contributed by atoms with Crippen LogP contribution in [0.1, 0.15) is 12.8 Å². The second-order valence-electron chi connectivity index (χ2n) is 6.81. The first-order valence-electron chi connectivity index (χ1n) is 8.51. The molecule has 2 atom stereocenters. The molecule has 0 saturated carbocycles. The molecule has 3 heterocycles. The summed E-state index contributed by atoms with van der Waals surface area (Å²) in [6.45, 7) is 2.62. The Hall–Kier alpha value is -2.13. The quantitative estimate of drug-likeness (QED) is 0.803. The first-order chi connectivity index (χ1) is 12.0. The van der Waals surface area contributed by atoms with E-state index in [0.29, 0.717) is 32.8 Å². The molecule has 2 fully saturated rings. The SMILES string of the molecule is CN(C)c1cc(NC[C@H]2CC[C@]3(COCCN(C(N)=O)C3)O2)ncn1. The van der Waals surface area contributed by atoms with Crippen LogP contribution < -0.4 is 16.0 Å². The number of nitrogens with zero attached hydrogens (tertiary/aromatic N) is 4. The van der Waals surface area contributed by atoms with Crippen LogP contribution in [0.15, 0.2) is 12.4 Å². The Morgan fingerprint density at radius 3 is 3.12 bits per heavy atom. The molecule has 0 aliphatic carbocycles.